The quantitative estimate of drug-likeness (QED) is 0.663. The summed E-state index contributed by atoms with van der Waals surface area (Å²) in [6.07, 6.45) is -0.314. The minimum absolute atomic E-state index is 0.0127. The van der Waals surface area contributed by atoms with E-state index in [9.17, 15) is 9.59 Å². The molecule has 0 aromatic heterocycles. The van der Waals surface area contributed by atoms with Crippen LogP contribution in [0.4, 0.5) is 0 Å². The van der Waals surface area contributed by atoms with Gasteiger partial charge in [0.05, 0.1) is 18.7 Å². The highest BCUT2D eigenvalue weighted by molar-refractivity contribution is 6.30. The Morgan fingerprint density at radius 3 is 2.57 bits per heavy atom. The van der Waals surface area contributed by atoms with Crippen LogP contribution >= 0.6 is 11.6 Å². The van der Waals surface area contributed by atoms with Gasteiger partial charge in [-0.15, -0.1) is 0 Å². The predicted octanol–water partition coefficient (Wildman–Crippen LogP) is 1.24. The van der Waals surface area contributed by atoms with Gasteiger partial charge in [-0.2, -0.15) is 0 Å². The summed E-state index contributed by atoms with van der Waals surface area (Å²) in [7, 11) is 1.56. The zero-order valence-electron chi connectivity index (χ0n) is 13.6. The monoisotopic (exact) mass is 341 g/mol. The van der Waals surface area contributed by atoms with E-state index in [1.165, 1.54) is 0 Å². The highest BCUT2D eigenvalue weighted by Crippen LogP contribution is 2.19. The van der Waals surface area contributed by atoms with Crippen LogP contribution in [-0.2, 0) is 14.3 Å². The third kappa shape index (κ3) is 6.56. The number of nitrogens with one attached hydrogen (secondary N) is 2. The summed E-state index contributed by atoms with van der Waals surface area (Å²) < 4.78 is 5.36. The zero-order chi connectivity index (χ0) is 17.4. The van der Waals surface area contributed by atoms with Gasteiger partial charge in [-0.05, 0) is 23.6 Å². The first-order chi connectivity index (χ1) is 10.8. The van der Waals surface area contributed by atoms with Crippen LogP contribution in [-0.4, -0.2) is 38.1 Å². The molecule has 2 atom stereocenters. The van der Waals surface area contributed by atoms with Crippen molar-refractivity contribution in [2.24, 2.45) is 11.7 Å². The van der Waals surface area contributed by atoms with Gasteiger partial charge in [-0.1, -0.05) is 37.6 Å². The largest absolute Gasteiger partial charge is 0.375 e. The second-order valence-corrected chi connectivity index (χ2v) is 6.01. The summed E-state index contributed by atoms with van der Waals surface area (Å²) >= 11 is 5.95. The number of rotatable bonds is 8. The third-order valence-electron chi connectivity index (χ3n) is 3.43. The number of hydrogen-bond donors (Lipinski definition) is 3. The Balaban J connectivity index is 2.44. The number of benzene rings is 1. The molecule has 0 heterocycles. The molecule has 0 aliphatic rings. The maximum Gasteiger partial charge on any atom is 0.239 e. The number of carbonyl (C=O) groups excluding carboxylic acids is 2. The minimum Gasteiger partial charge on any atom is -0.375 e. The predicted molar refractivity (Wildman–Crippen MR) is 90.0 cm³/mol. The molecule has 0 radical (unpaired) electrons. The Bertz CT molecular complexity index is 537. The van der Waals surface area contributed by atoms with E-state index in [2.05, 4.69) is 10.6 Å². The van der Waals surface area contributed by atoms with Crippen molar-refractivity contribution in [2.45, 2.75) is 26.0 Å². The van der Waals surface area contributed by atoms with E-state index in [0.29, 0.717) is 5.02 Å². The maximum absolute atomic E-state index is 11.8. The number of hydrogen-bond acceptors (Lipinski definition) is 4. The molecule has 0 saturated carbocycles. The van der Waals surface area contributed by atoms with Crippen LogP contribution in [0.5, 0.6) is 0 Å². The van der Waals surface area contributed by atoms with Crippen molar-refractivity contribution in [3.8, 4) is 0 Å². The van der Waals surface area contributed by atoms with Gasteiger partial charge in [0, 0.05) is 18.7 Å². The Morgan fingerprint density at radius 2 is 2.00 bits per heavy atom. The van der Waals surface area contributed by atoms with Gasteiger partial charge in [0.25, 0.3) is 0 Å². The number of nitrogens with two attached hydrogens (primary N) is 1. The molecule has 0 aliphatic heterocycles. The molecular formula is C16H24ClN3O3. The first kappa shape index (κ1) is 19.4. The van der Waals surface area contributed by atoms with E-state index < -0.39 is 6.04 Å². The van der Waals surface area contributed by atoms with Crippen LogP contribution in [0, 0.1) is 5.92 Å². The zero-order valence-corrected chi connectivity index (χ0v) is 14.4. The second-order valence-electron chi connectivity index (χ2n) is 5.57. The first-order valence-electron chi connectivity index (χ1n) is 7.43. The highest BCUT2D eigenvalue weighted by atomic mass is 35.5. The van der Waals surface area contributed by atoms with Crippen LogP contribution in [0.2, 0.25) is 5.02 Å². The lowest BCUT2D eigenvalue weighted by atomic mass is 10.1. The lowest BCUT2D eigenvalue weighted by molar-refractivity contribution is -0.127. The van der Waals surface area contributed by atoms with Gasteiger partial charge in [0.15, 0.2) is 0 Å². The van der Waals surface area contributed by atoms with E-state index in [-0.39, 0.29) is 36.9 Å². The summed E-state index contributed by atoms with van der Waals surface area (Å²) in [5.41, 5.74) is 6.57. The number of carbonyl (C=O) groups is 2. The van der Waals surface area contributed by atoms with Crippen molar-refractivity contribution in [1.82, 2.24) is 10.6 Å². The standard InChI is InChI=1S/C16H24ClN3O3/c1-10(2)15(18)16(22)20-9-14(21)19-8-13(23-3)11-5-4-6-12(17)7-11/h4-7,10,13,15H,8-9,18H2,1-3H3,(H,19,21)(H,20,22)/t13?,15-/m0/s1. The fourth-order valence-corrected chi connectivity index (χ4v) is 2.10. The van der Waals surface area contributed by atoms with Gasteiger partial charge in [-0.25, -0.2) is 0 Å². The van der Waals surface area contributed by atoms with Gasteiger partial charge in [-0.3, -0.25) is 9.59 Å². The van der Waals surface area contributed by atoms with Crippen molar-refractivity contribution >= 4 is 23.4 Å². The topological polar surface area (TPSA) is 93.5 Å². The van der Waals surface area contributed by atoms with Gasteiger partial charge < -0.3 is 21.1 Å². The van der Waals surface area contributed by atoms with Crippen LogP contribution in [0.15, 0.2) is 24.3 Å². The molecule has 0 spiro atoms. The third-order valence-corrected chi connectivity index (χ3v) is 3.67. The van der Waals surface area contributed by atoms with E-state index in [1.54, 1.807) is 19.2 Å². The molecule has 6 nitrogen and oxygen atoms in total. The molecule has 1 unspecified atom stereocenters. The molecule has 4 N–H and O–H groups in total. The summed E-state index contributed by atoms with van der Waals surface area (Å²) in [5, 5.41) is 5.83. The molecule has 7 heteroatoms. The summed E-state index contributed by atoms with van der Waals surface area (Å²) in [5.74, 6) is -0.634. The van der Waals surface area contributed by atoms with Crippen molar-refractivity contribution in [1.29, 1.82) is 0 Å². The number of amides is 2. The SMILES string of the molecule is COC(CNC(=O)CNC(=O)[C@@H](N)C(C)C)c1cccc(Cl)c1. The highest BCUT2D eigenvalue weighted by Gasteiger charge is 2.18. The van der Waals surface area contributed by atoms with Gasteiger partial charge >= 0.3 is 0 Å². The van der Waals surface area contributed by atoms with Crippen molar-refractivity contribution in [3.63, 3.8) is 0 Å². The molecule has 1 aromatic rings. The molecular weight excluding hydrogens is 318 g/mol. The summed E-state index contributed by atoms with van der Waals surface area (Å²) in [4.78, 5) is 23.5. The molecule has 2 amide bonds. The first-order valence-corrected chi connectivity index (χ1v) is 7.81. The smallest absolute Gasteiger partial charge is 0.239 e. The number of halogens is 1. The maximum atomic E-state index is 11.8. The van der Waals surface area contributed by atoms with Crippen molar-refractivity contribution in [2.75, 3.05) is 20.2 Å². The van der Waals surface area contributed by atoms with Crippen LogP contribution in [0.1, 0.15) is 25.5 Å². The van der Waals surface area contributed by atoms with E-state index in [1.807, 2.05) is 26.0 Å². The van der Waals surface area contributed by atoms with Gasteiger partial charge in [0.2, 0.25) is 11.8 Å². The lowest BCUT2D eigenvalue weighted by Crippen LogP contribution is -2.47. The Morgan fingerprint density at radius 1 is 1.30 bits per heavy atom. The molecule has 1 aromatic carbocycles. The Labute approximate surface area is 141 Å². The summed E-state index contributed by atoms with van der Waals surface area (Å²) in [6, 6.07) is 6.62. The van der Waals surface area contributed by atoms with Crippen molar-refractivity contribution < 1.29 is 14.3 Å². The average Bonchev–Trinajstić information content (AvgIpc) is 2.52. The molecule has 0 aliphatic carbocycles. The number of ether oxygens (including phenoxy) is 1. The van der Waals surface area contributed by atoms with Crippen LogP contribution in [0.25, 0.3) is 0 Å². The van der Waals surface area contributed by atoms with E-state index >= 15 is 0 Å². The second kappa shape index (κ2) is 9.50. The Kier molecular flexibility index (Phi) is 8.02. The fraction of sp³-hybridized carbons (Fsp3) is 0.500. The van der Waals surface area contributed by atoms with Gasteiger partial charge in [0.1, 0.15) is 0 Å². The molecule has 0 bridgehead atoms. The van der Waals surface area contributed by atoms with Crippen molar-refractivity contribution in [3.05, 3.63) is 34.9 Å². The number of methoxy groups -OCH3 is 1. The molecule has 23 heavy (non-hydrogen) atoms. The summed E-state index contributed by atoms with van der Waals surface area (Å²) in [6.45, 7) is 3.85. The Hall–Kier alpha value is -1.63. The molecule has 1 rings (SSSR count). The molecule has 0 saturated heterocycles. The van der Waals surface area contributed by atoms with E-state index in [0.717, 1.165) is 5.56 Å². The normalized spacial score (nSPS) is 13.5. The van der Waals surface area contributed by atoms with Crippen LogP contribution < -0.4 is 16.4 Å². The van der Waals surface area contributed by atoms with E-state index in [4.69, 9.17) is 22.1 Å². The minimum atomic E-state index is -0.624. The molecule has 128 valence electrons. The van der Waals surface area contributed by atoms with Crippen LogP contribution in [0.3, 0.4) is 0 Å². The molecule has 0 fully saturated rings. The fourth-order valence-electron chi connectivity index (χ4n) is 1.90. The lowest BCUT2D eigenvalue weighted by Gasteiger charge is -2.18. The average molecular weight is 342 g/mol.